The van der Waals surface area contributed by atoms with Gasteiger partial charge >= 0.3 is 6.09 Å². The summed E-state index contributed by atoms with van der Waals surface area (Å²) in [5.41, 5.74) is 1.61. The normalized spacial score (nSPS) is 18.0. The lowest BCUT2D eigenvalue weighted by Crippen LogP contribution is -2.52. The summed E-state index contributed by atoms with van der Waals surface area (Å²) in [6.07, 6.45) is 0.378. The Labute approximate surface area is 184 Å². The highest BCUT2D eigenvalue weighted by Crippen LogP contribution is 2.33. The molecule has 3 rings (SSSR count). The van der Waals surface area contributed by atoms with Gasteiger partial charge in [-0.2, -0.15) is 0 Å². The number of aromatic nitrogens is 1. The number of benzene rings is 1. The molecule has 6 nitrogen and oxygen atoms in total. The summed E-state index contributed by atoms with van der Waals surface area (Å²) < 4.78 is 17.0. The van der Waals surface area contributed by atoms with Crippen LogP contribution in [0.25, 0.3) is 10.9 Å². The van der Waals surface area contributed by atoms with Crippen molar-refractivity contribution in [2.75, 3.05) is 26.9 Å². The van der Waals surface area contributed by atoms with Crippen LogP contribution in [-0.2, 0) is 15.9 Å². The fourth-order valence-electron chi connectivity index (χ4n) is 3.92. The zero-order valence-corrected chi connectivity index (χ0v) is 20.8. The van der Waals surface area contributed by atoms with Crippen LogP contribution in [0.15, 0.2) is 12.1 Å². The number of nitrogens with one attached hydrogen (secondary N) is 1. The van der Waals surface area contributed by atoms with E-state index >= 15 is 0 Å². The number of methoxy groups -OCH3 is 1. The maximum atomic E-state index is 12.9. The molecular formula is C22H33ClN2O4Si. The second-order valence-electron chi connectivity index (χ2n) is 9.87. The van der Waals surface area contributed by atoms with E-state index in [2.05, 4.69) is 24.6 Å². The van der Waals surface area contributed by atoms with Gasteiger partial charge in [0.1, 0.15) is 11.4 Å². The van der Waals surface area contributed by atoms with Gasteiger partial charge in [0.15, 0.2) is 0 Å². The molecule has 1 fully saturated rings. The number of ether oxygens (including phenoxy) is 3. The van der Waals surface area contributed by atoms with Crippen molar-refractivity contribution < 1.29 is 19.0 Å². The minimum atomic E-state index is -1.72. The van der Waals surface area contributed by atoms with E-state index in [4.69, 9.17) is 25.8 Å². The number of halogens is 1. The van der Waals surface area contributed by atoms with Gasteiger partial charge in [0.05, 0.1) is 40.0 Å². The van der Waals surface area contributed by atoms with Gasteiger partial charge in [-0.3, -0.25) is 0 Å². The molecule has 0 saturated carbocycles. The van der Waals surface area contributed by atoms with E-state index in [-0.39, 0.29) is 12.1 Å². The first-order valence-electron chi connectivity index (χ1n) is 10.4. The Balaban J connectivity index is 2.04. The lowest BCUT2D eigenvalue weighted by Gasteiger charge is -2.37. The molecule has 0 bridgehead atoms. The number of morpholine rings is 1. The summed E-state index contributed by atoms with van der Waals surface area (Å²) in [5.74, 6) is 0.729. The second-order valence-corrected chi connectivity index (χ2v) is 15.3. The van der Waals surface area contributed by atoms with Gasteiger partial charge in [0, 0.05) is 28.3 Å². The maximum absolute atomic E-state index is 12.9. The first-order valence-corrected chi connectivity index (χ1v) is 14.2. The van der Waals surface area contributed by atoms with Crippen molar-refractivity contribution in [1.29, 1.82) is 0 Å². The molecule has 166 valence electrons. The number of rotatable bonds is 4. The number of amides is 1. The van der Waals surface area contributed by atoms with Gasteiger partial charge in [-0.05, 0) is 38.8 Å². The molecule has 1 aromatic carbocycles. The van der Waals surface area contributed by atoms with E-state index in [9.17, 15) is 4.79 Å². The molecule has 8 heteroatoms. The Morgan fingerprint density at radius 3 is 2.63 bits per heavy atom. The number of carbonyl (C=O) groups excluding carboxylic acids is 1. The van der Waals surface area contributed by atoms with E-state index in [1.54, 1.807) is 7.11 Å². The van der Waals surface area contributed by atoms with E-state index in [0.717, 1.165) is 16.7 Å². The monoisotopic (exact) mass is 452 g/mol. The summed E-state index contributed by atoms with van der Waals surface area (Å²) in [4.78, 5) is 18.3. The predicted octanol–water partition coefficient (Wildman–Crippen LogP) is 4.55. The molecule has 0 aliphatic carbocycles. The van der Waals surface area contributed by atoms with Gasteiger partial charge in [0.2, 0.25) is 0 Å². The highest BCUT2D eigenvalue weighted by atomic mass is 35.5. The molecule has 2 heterocycles. The highest BCUT2D eigenvalue weighted by Gasteiger charge is 2.34. The van der Waals surface area contributed by atoms with E-state index < -0.39 is 13.7 Å². The van der Waals surface area contributed by atoms with Crippen LogP contribution in [0.5, 0.6) is 5.75 Å². The van der Waals surface area contributed by atoms with Gasteiger partial charge in [-0.15, -0.1) is 0 Å². The van der Waals surface area contributed by atoms with Crippen LogP contribution in [0.2, 0.25) is 24.7 Å². The molecule has 2 aromatic rings. The largest absolute Gasteiger partial charge is 0.495 e. The van der Waals surface area contributed by atoms with Crippen molar-refractivity contribution in [1.82, 2.24) is 9.88 Å². The Kier molecular flexibility index (Phi) is 6.46. The number of hydrogen-bond acceptors (Lipinski definition) is 4. The number of nitrogens with zero attached hydrogens (tertiary/aromatic N) is 1. The third-order valence-electron chi connectivity index (χ3n) is 5.21. The zero-order chi connectivity index (χ0) is 22.3. The van der Waals surface area contributed by atoms with E-state index in [1.807, 2.05) is 37.8 Å². The minimum Gasteiger partial charge on any atom is -0.495 e. The number of hydrogen-bond donors (Lipinski definition) is 1. The number of fused-ring (bicyclic) bond motifs is 1. The third-order valence-corrected chi connectivity index (χ3v) is 7.35. The molecule has 1 aliphatic heterocycles. The first-order chi connectivity index (χ1) is 13.9. The molecule has 1 amide bonds. The Hall–Kier alpha value is -1.70. The Morgan fingerprint density at radius 2 is 2.03 bits per heavy atom. The van der Waals surface area contributed by atoms with Crippen LogP contribution in [0.4, 0.5) is 4.79 Å². The standard InChI is InChI=1S/C22H33ClN2O4Si/c1-22(2,3)29-21(26)25-8-9-28-13-15(25)12-17-16-10-14(23)11-18(27-4)19(16)24-20(17)30(5,6)7/h10-11,15,24H,8-9,12-13H2,1-7H3/t15-/m0/s1. The quantitative estimate of drug-likeness (QED) is 0.691. The third kappa shape index (κ3) is 4.95. The SMILES string of the molecule is COc1cc(Cl)cc2c(C[C@H]3COCCN3C(=O)OC(C)(C)C)c([Si](C)(C)C)[nH]c12. The second kappa shape index (κ2) is 8.44. The lowest BCUT2D eigenvalue weighted by molar-refractivity contribution is -0.0318. The average Bonchev–Trinajstić information content (AvgIpc) is 2.98. The molecule has 1 aliphatic rings. The molecule has 1 aromatic heterocycles. The first kappa shape index (κ1) is 23.0. The Morgan fingerprint density at radius 1 is 1.33 bits per heavy atom. The smallest absolute Gasteiger partial charge is 0.410 e. The van der Waals surface area contributed by atoms with Crippen molar-refractivity contribution in [3.8, 4) is 5.75 Å². The average molecular weight is 453 g/mol. The highest BCUT2D eigenvalue weighted by molar-refractivity contribution is 6.88. The van der Waals surface area contributed by atoms with Crippen LogP contribution in [0.1, 0.15) is 26.3 Å². The van der Waals surface area contributed by atoms with E-state index in [1.165, 1.54) is 10.9 Å². The van der Waals surface area contributed by atoms with Crippen molar-refractivity contribution in [3.05, 3.63) is 22.7 Å². The molecule has 1 saturated heterocycles. The molecular weight excluding hydrogens is 420 g/mol. The zero-order valence-electron chi connectivity index (χ0n) is 19.0. The molecule has 0 unspecified atom stereocenters. The molecule has 0 spiro atoms. The van der Waals surface area contributed by atoms with Crippen molar-refractivity contribution >= 4 is 42.0 Å². The number of H-pyrrole nitrogens is 1. The predicted molar refractivity (Wildman–Crippen MR) is 124 cm³/mol. The number of aromatic amines is 1. The fraction of sp³-hybridized carbons (Fsp3) is 0.591. The fourth-order valence-corrected chi connectivity index (χ4v) is 5.77. The minimum absolute atomic E-state index is 0.104. The van der Waals surface area contributed by atoms with Crippen LogP contribution in [-0.4, -0.2) is 62.6 Å². The summed E-state index contributed by atoms with van der Waals surface area (Å²) in [7, 11) is -0.0639. The van der Waals surface area contributed by atoms with Crippen LogP contribution < -0.4 is 10.1 Å². The van der Waals surface area contributed by atoms with Crippen LogP contribution in [0, 0.1) is 0 Å². The molecule has 30 heavy (non-hydrogen) atoms. The summed E-state index contributed by atoms with van der Waals surface area (Å²) >= 11 is 6.40. The molecule has 1 atom stereocenters. The lowest BCUT2D eigenvalue weighted by atomic mass is 10.0. The van der Waals surface area contributed by atoms with Crippen molar-refractivity contribution in [2.45, 2.75) is 58.5 Å². The van der Waals surface area contributed by atoms with Crippen molar-refractivity contribution in [2.24, 2.45) is 0 Å². The van der Waals surface area contributed by atoms with Crippen molar-refractivity contribution in [3.63, 3.8) is 0 Å². The maximum Gasteiger partial charge on any atom is 0.410 e. The van der Waals surface area contributed by atoms with Gasteiger partial charge in [-0.1, -0.05) is 31.2 Å². The van der Waals surface area contributed by atoms with Gasteiger partial charge in [0.25, 0.3) is 0 Å². The van der Waals surface area contributed by atoms with Crippen LogP contribution in [0.3, 0.4) is 0 Å². The summed E-state index contributed by atoms with van der Waals surface area (Å²) in [6.45, 7) is 14.1. The van der Waals surface area contributed by atoms with Gasteiger partial charge < -0.3 is 24.1 Å². The Bertz CT molecular complexity index is 930. The molecule has 1 N–H and O–H groups in total. The van der Waals surface area contributed by atoms with Crippen LogP contribution >= 0.6 is 11.6 Å². The molecule has 0 radical (unpaired) electrons. The van der Waals surface area contributed by atoms with E-state index in [0.29, 0.717) is 31.2 Å². The summed E-state index contributed by atoms with van der Waals surface area (Å²) in [5, 5.41) is 2.92. The van der Waals surface area contributed by atoms with Gasteiger partial charge in [-0.25, -0.2) is 4.79 Å². The summed E-state index contributed by atoms with van der Waals surface area (Å²) in [6, 6.07) is 3.71. The number of carbonyl (C=O) groups is 1. The topological polar surface area (TPSA) is 63.8 Å².